The monoisotopic (exact) mass is 556 g/mol. The van der Waals surface area contributed by atoms with Crippen LogP contribution in [0.15, 0.2) is 66.7 Å². The second-order valence-electron chi connectivity index (χ2n) is 10.7. The number of anilines is 1. The molecule has 8 nitrogen and oxygen atoms in total. The van der Waals surface area contributed by atoms with Crippen LogP contribution in [0.3, 0.4) is 0 Å². The van der Waals surface area contributed by atoms with E-state index in [1.807, 2.05) is 36.4 Å². The minimum absolute atomic E-state index is 0.242. The SMILES string of the molecule is COc1ccc(C(CCCCN)N2C(=O)c3cccc(N4CCN([C@H](C)c5ccccc5)CC4)c3C2=O)cc1OC. The fraction of sp³-hybridized carbons (Fsp3) is 0.394. The summed E-state index contributed by atoms with van der Waals surface area (Å²) in [7, 11) is 3.17. The lowest BCUT2D eigenvalue weighted by molar-refractivity contribution is 0.0571. The largest absolute Gasteiger partial charge is 0.493 e. The molecule has 2 atom stereocenters. The molecule has 2 N–H and O–H groups in total. The molecule has 0 aromatic heterocycles. The summed E-state index contributed by atoms with van der Waals surface area (Å²) < 4.78 is 11.0. The second kappa shape index (κ2) is 12.7. The number of carbonyl (C=O) groups is 2. The van der Waals surface area contributed by atoms with Gasteiger partial charge in [0.2, 0.25) is 0 Å². The van der Waals surface area contributed by atoms with Gasteiger partial charge in [0.15, 0.2) is 11.5 Å². The zero-order valence-corrected chi connectivity index (χ0v) is 24.2. The summed E-state index contributed by atoms with van der Waals surface area (Å²) in [4.78, 5) is 34.2. The number of unbranched alkanes of at least 4 members (excludes halogenated alkanes) is 1. The Morgan fingerprint density at radius 1 is 0.805 bits per heavy atom. The van der Waals surface area contributed by atoms with Gasteiger partial charge in [-0.1, -0.05) is 42.5 Å². The Hall–Kier alpha value is -3.88. The normalized spacial score (nSPS) is 17.0. The summed E-state index contributed by atoms with van der Waals surface area (Å²) in [5, 5.41) is 0. The fourth-order valence-electron chi connectivity index (χ4n) is 6.11. The maximum absolute atomic E-state index is 14.1. The topological polar surface area (TPSA) is 88.3 Å². The number of imide groups is 1. The molecule has 2 aliphatic heterocycles. The number of amides is 2. The number of methoxy groups -OCH3 is 2. The highest BCUT2D eigenvalue weighted by Gasteiger charge is 2.43. The highest BCUT2D eigenvalue weighted by Crippen LogP contribution is 2.41. The first-order valence-corrected chi connectivity index (χ1v) is 14.4. The molecule has 2 aliphatic rings. The van der Waals surface area contributed by atoms with E-state index in [2.05, 4.69) is 41.0 Å². The molecule has 1 saturated heterocycles. The molecule has 3 aromatic rings. The molecule has 216 valence electrons. The van der Waals surface area contributed by atoms with Crippen molar-refractivity contribution in [2.24, 2.45) is 5.73 Å². The predicted octanol–water partition coefficient (Wildman–Crippen LogP) is 5.05. The number of hydrogen-bond donors (Lipinski definition) is 1. The van der Waals surface area contributed by atoms with E-state index in [4.69, 9.17) is 15.2 Å². The van der Waals surface area contributed by atoms with Crippen LogP contribution in [0.2, 0.25) is 0 Å². The van der Waals surface area contributed by atoms with E-state index in [0.717, 1.165) is 50.3 Å². The number of hydrogen-bond acceptors (Lipinski definition) is 7. The minimum Gasteiger partial charge on any atom is -0.493 e. The van der Waals surface area contributed by atoms with Crippen molar-refractivity contribution in [2.75, 3.05) is 51.8 Å². The van der Waals surface area contributed by atoms with Crippen molar-refractivity contribution in [3.05, 3.63) is 89.0 Å². The van der Waals surface area contributed by atoms with E-state index >= 15 is 0 Å². The van der Waals surface area contributed by atoms with E-state index in [0.29, 0.717) is 41.6 Å². The molecule has 0 aliphatic carbocycles. The van der Waals surface area contributed by atoms with Crippen LogP contribution < -0.4 is 20.1 Å². The Balaban J connectivity index is 1.40. The third-order valence-electron chi connectivity index (χ3n) is 8.44. The van der Waals surface area contributed by atoms with E-state index in [-0.39, 0.29) is 11.8 Å². The van der Waals surface area contributed by atoms with Gasteiger partial charge in [-0.25, -0.2) is 0 Å². The van der Waals surface area contributed by atoms with E-state index in [1.165, 1.54) is 10.5 Å². The molecule has 0 radical (unpaired) electrons. The van der Waals surface area contributed by atoms with Crippen LogP contribution in [-0.2, 0) is 0 Å². The van der Waals surface area contributed by atoms with Crippen molar-refractivity contribution < 1.29 is 19.1 Å². The Labute approximate surface area is 242 Å². The maximum atomic E-state index is 14.1. The highest BCUT2D eigenvalue weighted by atomic mass is 16.5. The summed E-state index contributed by atoms with van der Waals surface area (Å²) in [6.07, 6.45) is 2.21. The van der Waals surface area contributed by atoms with Gasteiger partial charge in [0.25, 0.3) is 11.8 Å². The number of rotatable bonds is 11. The molecule has 2 amide bonds. The van der Waals surface area contributed by atoms with Crippen LogP contribution >= 0.6 is 0 Å². The molecule has 0 spiro atoms. The molecule has 0 saturated carbocycles. The molecule has 3 aromatic carbocycles. The number of nitrogens with zero attached hydrogens (tertiary/aromatic N) is 3. The van der Waals surface area contributed by atoms with Gasteiger partial charge < -0.3 is 20.1 Å². The molecule has 1 unspecified atom stereocenters. The number of fused-ring (bicyclic) bond motifs is 1. The van der Waals surface area contributed by atoms with Crippen LogP contribution in [0.4, 0.5) is 5.69 Å². The average Bonchev–Trinajstić information content (AvgIpc) is 3.28. The third kappa shape index (κ3) is 5.67. The first kappa shape index (κ1) is 28.6. The number of piperazine rings is 1. The van der Waals surface area contributed by atoms with Gasteiger partial charge >= 0.3 is 0 Å². The van der Waals surface area contributed by atoms with E-state index in [9.17, 15) is 9.59 Å². The highest BCUT2D eigenvalue weighted by molar-refractivity contribution is 6.24. The van der Waals surface area contributed by atoms with Gasteiger partial charge in [0.05, 0.1) is 37.1 Å². The van der Waals surface area contributed by atoms with Crippen LogP contribution in [0.1, 0.15) is 70.1 Å². The molecule has 2 heterocycles. The number of carbonyl (C=O) groups excluding carboxylic acids is 2. The fourth-order valence-corrected chi connectivity index (χ4v) is 6.11. The predicted molar refractivity (Wildman–Crippen MR) is 161 cm³/mol. The molecule has 8 heteroatoms. The van der Waals surface area contributed by atoms with Gasteiger partial charge in [-0.3, -0.25) is 19.4 Å². The number of ether oxygens (including phenoxy) is 2. The summed E-state index contributed by atoms with van der Waals surface area (Å²) >= 11 is 0. The molecule has 5 rings (SSSR count). The van der Waals surface area contributed by atoms with Crippen molar-refractivity contribution in [1.29, 1.82) is 0 Å². The number of benzene rings is 3. The van der Waals surface area contributed by atoms with Crippen LogP contribution in [-0.4, -0.2) is 68.6 Å². The Bertz CT molecular complexity index is 1370. The zero-order chi connectivity index (χ0) is 28.9. The van der Waals surface area contributed by atoms with E-state index < -0.39 is 6.04 Å². The lowest BCUT2D eigenvalue weighted by Crippen LogP contribution is -2.47. The van der Waals surface area contributed by atoms with Gasteiger partial charge in [-0.15, -0.1) is 0 Å². The molecular formula is C33H40N4O4. The lowest BCUT2D eigenvalue weighted by atomic mass is 9.98. The van der Waals surface area contributed by atoms with Crippen LogP contribution in [0.25, 0.3) is 0 Å². The quantitative estimate of drug-likeness (QED) is 0.261. The molecule has 41 heavy (non-hydrogen) atoms. The third-order valence-corrected chi connectivity index (χ3v) is 8.44. The Morgan fingerprint density at radius 3 is 2.22 bits per heavy atom. The number of nitrogens with two attached hydrogens (primary N) is 1. The maximum Gasteiger partial charge on any atom is 0.264 e. The summed E-state index contributed by atoms with van der Waals surface area (Å²) in [6.45, 7) is 6.11. The van der Waals surface area contributed by atoms with Crippen molar-refractivity contribution in [3.8, 4) is 11.5 Å². The lowest BCUT2D eigenvalue weighted by Gasteiger charge is -2.39. The standard InChI is InChI=1S/C33H40N4O4/c1-23(24-10-5-4-6-11-24)35-18-20-36(21-19-35)28-14-9-12-26-31(28)33(39)37(32(26)38)27(13-7-8-17-34)25-15-16-29(40-2)30(22-25)41-3/h4-6,9-12,14-16,22-23,27H,7-8,13,17-21,34H2,1-3H3/t23-,27?/m1/s1. The first-order valence-electron chi connectivity index (χ1n) is 14.4. The zero-order valence-electron chi connectivity index (χ0n) is 24.2. The van der Waals surface area contributed by atoms with Crippen molar-refractivity contribution >= 4 is 17.5 Å². The second-order valence-corrected chi connectivity index (χ2v) is 10.7. The van der Waals surface area contributed by atoms with Gasteiger partial charge in [-0.05, 0) is 68.1 Å². The van der Waals surface area contributed by atoms with Crippen molar-refractivity contribution in [2.45, 2.75) is 38.3 Å². The summed E-state index contributed by atoms with van der Waals surface area (Å²) in [6, 6.07) is 21.6. The smallest absolute Gasteiger partial charge is 0.264 e. The van der Waals surface area contributed by atoms with E-state index in [1.54, 1.807) is 20.3 Å². The van der Waals surface area contributed by atoms with Crippen LogP contribution in [0.5, 0.6) is 11.5 Å². The summed E-state index contributed by atoms with van der Waals surface area (Å²) in [5.41, 5.74) is 9.73. The van der Waals surface area contributed by atoms with Crippen LogP contribution in [0, 0.1) is 0 Å². The first-order chi connectivity index (χ1) is 20.0. The van der Waals surface area contributed by atoms with Crippen molar-refractivity contribution in [3.63, 3.8) is 0 Å². The van der Waals surface area contributed by atoms with Gasteiger partial charge in [0.1, 0.15) is 0 Å². The average molecular weight is 557 g/mol. The molecular weight excluding hydrogens is 516 g/mol. The van der Waals surface area contributed by atoms with Crippen molar-refractivity contribution in [1.82, 2.24) is 9.80 Å². The molecule has 0 bridgehead atoms. The minimum atomic E-state index is -0.440. The van der Waals surface area contributed by atoms with Gasteiger partial charge in [0, 0.05) is 32.2 Å². The van der Waals surface area contributed by atoms with Gasteiger partial charge in [-0.2, -0.15) is 0 Å². The summed E-state index contributed by atoms with van der Waals surface area (Å²) in [5.74, 6) is 0.667. The Morgan fingerprint density at radius 2 is 1.54 bits per heavy atom. The Kier molecular flexibility index (Phi) is 8.90. The molecule has 1 fully saturated rings.